The number of aliphatic hydroxyl groups is 1. The van der Waals surface area contributed by atoms with Gasteiger partial charge in [0.2, 0.25) is 5.88 Å². The molecule has 4 aromatic rings. The lowest BCUT2D eigenvalue weighted by Gasteiger charge is -2.16. The third-order valence-corrected chi connectivity index (χ3v) is 6.00. The molecule has 0 spiro atoms. The molecule has 5 heteroatoms. The lowest BCUT2D eigenvalue weighted by molar-refractivity contribution is 0.281. The molecular weight excluding hydrogens is 434 g/mol. The van der Waals surface area contributed by atoms with E-state index in [1.165, 1.54) is 0 Å². The quantitative estimate of drug-likeness (QED) is 0.339. The van der Waals surface area contributed by atoms with Crippen LogP contribution in [0.2, 0.25) is 0 Å². The molecule has 1 heterocycles. The van der Waals surface area contributed by atoms with Gasteiger partial charge in [-0.3, -0.25) is 0 Å². The van der Waals surface area contributed by atoms with Crippen molar-refractivity contribution in [2.24, 2.45) is 0 Å². The topological polar surface area (TPSA) is 79.0 Å². The Morgan fingerprint density at radius 3 is 2.34 bits per heavy atom. The van der Waals surface area contributed by atoms with E-state index in [1.807, 2.05) is 79.7 Å². The van der Waals surface area contributed by atoms with Crippen molar-refractivity contribution in [2.45, 2.75) is 46.3 Å². The Balaban J connectivity index is 1.59. The number of nitriles is 1. The van der Waals surface area contributed by atoms with Crippen molar-refractivity contribution in [2.75, 3.05) is 0 Å². The van der Waals surface area contributed by atoms with Gasteiger partial charge in [0.05, 0.1) is 23.9 Å². The number of hydrogen-bond acceptors (Lipinski definition) is 5. The van der Waals surface area contributed by atoms with Crippen molar-refractivity contribution in [1.29, 1.82) is 5.26 Å². The lowest BCUT2D eigenvalue weighted by Crippen LogP contribution is -2.10. The standard InChI is InChI=1S/C30H29N3O2/c1-3-28-27(17-22-8-7-9-23(16-22)19-34)30(33-29(4-2)32-28)35-20-21-12-14-24(15-13-21)26-11-6-5-10-25(26)18-31/h5-16,34H,3-4,17,19-20H2,1-2H3. The van der Waals surface area contributed by atoms with Gasteiger partial charge in [-0.25, -0.2) is 4.98 Å². The number of hydrogen-bond donors (Lipinski definition) is 1. The molecule has 0 bridgehead atoms. The second-order valence-corrected chi connectivity index (χ2v) is 8.38. The number of aliphatic hydroxyl groups excluding tert-OH is 1. The predicted octanol–water partition coefficient (Wildman–Crippen LogP) is 5.80. The average Bonchev–Trinajstić information content (AvgIpc) is 2.92. The molecule has 4 rings (SSSR count). The van der Waals surface area contributed by atoms with Crippen LogP contribution in [-0.2, 0) is 32.5 Å². The van der Waals surface area contributed by atoms with Gasteiger partial charge in [0.15, 0.2) is 0 Å². The van der Waals surface area contributed by atoms with Gasteiger partial charge in [-0.1, -0.05) is 80.6 Å². The van der Waals surface area contributed by atoms with Crippen molar-refractivity contribution < 1.29 is 9.84 Å². The number of aryl methyl sites for hydroxylation is 2. The fourth-order valence-electron chi connectivity index (χ4n) is 4.11. The molecule has 3 aromatic carbocycles. The molecule has 0 atom stereocenters. The molecule has 1 N–H and O–H groups in total. The van der Waals surface area contributed by atoms with E-state index in [1.54, 1.807) is 0 Å². The summed E-state index contributed by atoms with van der Waals surface area (Å²) in [6.45, 7) is 4.53. The van der Waals surface area contributed by atoms with Crippen molar-refractivity contribution in [3.63, 3.8) is 0 Å². The van der Waals surface area contributed by atoms with Gasteiger partial charge in [-0.15, -0.1) is 0 Å². The molecular formula is C30H29N3O2. The molecule has 35 heavy (non-hydrogen) atoms. The monoisotopic (exact) mass is 463 g/mol. The van der Waals surface area contributed by atoms with Crippen LogP contribution in [0.25, 0.3) is 11.1 Å². The lowest BCUT2D eigenvalue weighted by atomic mass is 9.99. The van der Waals surface area contributed by atoms with Crippen molar-refractivity contribution in [3.8, 4) is 23.1 Å². The van der Waals surface area contributed by atoms with Gasteiger partial charge in [0, 0.05) is 18.4 Å². The van der Waals surface area contributed by atoms with Crippen LogP contribution in [0.1, 0.15) is 53.2 Å². The number of benzene rings is 3. The highest BCUT2D eigenvalue weighted by atomic mass is 16.5. The summed E-state index contributed by atoms with van der Waals surface area (Å²) in [4.78, 5) is 9.48. The highest BCUT2D eigenvalue weighted by Gasteiger charge is 2.16. The fraction of sp³-hybridized carbons (Fsp3) is 0.233. The Hall–Kier alpha value is -4.01. The third-order valence-electron chi connectivity index (χ3n) is 6.00. The van der Waals surface area contributed by atoms with E-state index in [0.717, 1.165) is 57.7 Å². The van der Waals surface area contributed by atoms with E-state index in [4.69, 9.17) is 14.7 Å². The Morgan fingerprint density at radius 2 is 1.63 bits per heavy atom. The van der Waals surface area contributed by atoms with Gasteiger partial charge in [-0.2, -0.15) is 10.2 Å². The molecule has 5 nitrogen and oxygen atoms in total. The molecule has 0 fully saturated rings. The number of nitrogens with zero attached hydrogens (tertiary/aromatic N) is 3. The summed E-state index contributed by atoms with van der Waals surface area (Å²) in [7, 11) is 0. The van der Waals surface area contributed by atoms with Crippen molar-refractivity contribution in [3.05, 3.63) is 112 Å². The van der Waals surface area contributed by atoms with E-state index in [-0.39, 0.29) is 6.61 Å². The fourth-order valence-corrected chi connectivity index (χ4v) is 4.11. The number of ether oxygens (including phenoxy) is 1. The highest BCUT2D eigenvalue weighted by molar-refractivity contribution is 5.70. The second-order valence-electron chi connectivity index (χ2n) is 8.38. The maximum absolute atomic E-state index is 9.52. The summed E-state index contributed by atoms with van der Waals surface area (Å²) in [6, 6.07) is 25.9. The minimum Gasteiger partial charge on any atom is -0.472 e. The van der Waals surface area contributed by atoms with E-state index in [0.29, 0.717) is 24.5 Å². The van der Waals surface area contributed by atoms with Crippen LogP contribution in [0, 0.1) is 11.3 Å². The Kier molecular flexibility index (Phi) is 7.87. The van der Waals surface area contributed by atoms with Gasteiger partial charge in [-0.05, 0) is 40.3 Å². The number of aromatic nitrogens is 2. The molecule has 0 aliphatic rings. The summed E-state index contributed by atoms with van der Waals surface area (Å²) < 4.78 is 6.27. The maximum Gasteiger partial charge on any atom is 0.220 e. The first-order valence-corrected chi connectivity index (χ1v) is 11.9. The Bertz CT molecular complexity index is 1340. The van der Waals surface area contributed by atoms with E-state index >= 15 is 0 Å². The molecule has 0 aliphatic heterocycles. The predicted molar refractivity (Wildman–Crippen MR) is 137 cm³/mol. The minimum atomic E-state index is 0.0118. The second kappa shape index (κ2) is 11.4. The molecule has 0 unspecified atom stereocenters. The highest BCUT2D eigenvalue weighted by Crippen LogP contribution is 2.27. The molecule has 1 aromatic heterocycles. The molecule has 0 aliphatic carbocycles. The van der Waals surface area contributed by atoms with Gasteiger partial charge >= 0.3 is 0 Å². The first-order valence-electron chi connectivity index (χ1n) is 11.9. The molecule has 0 saturated carbocycles. The van der Waals surface area contributed by atoms with E-state index < -0.39 is 0 Å². The first kappa shape index (κ1) is 24.1. The molecule has 0 amide bonds. The summed E-state index contributed by atoms with van der Waals surface area (Å²) in [5, 5.41) is 18.9. The molecule has 0 radical (unpaired) electrons. The third kappa shape index (κ3) is 5.74. The summed E-state index contributed by atoms with van der Waals surface area (Å²) in [6.07, 6.45) is 2.16. The zero-order valence-electron chi connectivity index (χ0n) is 20.2. The number of rotatable bonds is 9. The van der Waals surface area contributed by atoms with Crippen LogP contribution in [0.15, 0.2) is 72.8 Å². The molecule has 0 saturated heterocycles. The normalized spacial score (nSPS) is 10.7. The Morgan fingerprint density at radius 1 is 0.857 bits per heavy atom. The van der Waals surface area contributed by atoms with Crippen molar-refractivity contribution >= 4 is 0 Å². The van der Waals surface area contributed by atoms with Crippen LogP contribution < -0.4 is 4.74 Å². The van der Waals surface area contributed by atoms with E-state index in [2.05, 4.69) is 13.0 Å². The van der Waals surface area contributed by atoms with Crippen LogP contribution in [-0.4, -0.2) is 15.1 Å². The molecule has 176 valence electrons. The van der Waals surface area contributed by atoms with Gasteiger partial charge < -0.3 is 9.84 Å². The first-order chi connectivity index (χ1) is 17.1. The van der Waals surface area contributed by atoms with E-state index in [9.17, 15) is 10.4 Å². The van der Waals surface area contributed by atoms with Crippen LogP contribution in [0.3, 0.4) is 0 Å². The summed E-state index contributed by atoms with van der Waals surface area (Å²) >= 11 is 0. The maximum atomic E-state index is 9.52. The van der Waals surface area contributed by atoms with Crippen molar-refractivity contribution in [1.82, 2.24) is 9.97 Å². The Labute approximate surface area is 206 Å². The van der Waals surface area contributed by atoms with Gasteiger partial charge in [0.25, 0.3) is 0 Å². The van der Waals surface area contributed by atoms with Crippen LogP contribution in [0.5, 0.6) is 5.88 Å². The SMILES string of the molecule is CCc1nc(CC)c(Cc2cccc(CO)c2)c(OCc2ccc(-c3ccccc3C#N)cc2)n1. The van der Waals surface area contributed by atoms with Crippen LogP contribution in [0.4, 0.5) is 0 Å². The average molecular weight is 464 g/mol. The van der Waals surface area contributed by atoms with Gasteiger partial charge in [0.1, 0.15) is 12.4 Å². The zero-order valence-corrected chi connectivity index (χ0v) is 20.2. The summed E-state index contributed by atoms with van der Waals surface area (Å²) in [5.41, 5.74) is 7.54. The van der Waals surface area contributed by atoms with Crippen LogP contribution >= 0.6 is 0 Å². The largest absolute Gasteiger partial charge is 0.472 e. The summed E-state index contributed by atoms with van der Waals surface area (Å²) in [5.74, 6) is 1.38. The minimum absolute atomic E-state index is 0.0118. The zero-order chi connectivity index (χ0) is 24.6. The smallest absolute Gasteiger partial charge is 0.220 e.